The van der Waals surface area contributed by atoms with Crippen LogP contribution in [0.25, 0.3) is 0 Å². The highest BCUT2D eigenvalue weighted by Gasteiger charge is 1.91. The van der Waals surface area contributed by atoms with E-state index in [4.69, 9.17) is 5.11 Å². The number of aliphatic hydroxyl groups is 1. The monoisotopic (exact) mass is 149 g/mol. The quantitative estimate of drug-likeness (QED) is 0.552. The molecule has 0 aromatic rings. The Morgan fingerprint density at radius 2 is 2.33 bits per heavy atom. The van der Waals surface area contributed by atoms with Crippen molar-refractivity contribution in [1.29, 1.82) is 0 Å². The molecule has 2 N–H and O–H groups in total. The van der Waals surface area contributed by atoms with Crippen molar-refractivity contribution < 1.29 is 5.11 Å². The number of nitrogens with one attached hydrogen (secondary N) is 1. The molecule has 3 heteroatoms. The van der Waals surface area contributed by atoms with E-state index >= 15 is 0 Å². The summed E-state index contributed by atoms with van der Waals surface area (Å²) >= 11 is 1.81. The van der Waals surface area contributed by atoms with Crippen molar-refractivity contribution in [2.24, 2.45) is 0 Å². The first kappa shape index (κ1) is 9.27. The predicted octanol–water partition coefficient (Wildman–Crippen LogP) is 0.320. The second kappa shape index (κ2) is 6.39. The van der Waals surface area contributed by atoms with Gasteiger partial charge >= 0.3 is 0 Å². The van der Waals surface area contributed by atoms with Crippen LogP contribution >= 0.6 is 11.8 Å². The lowest BCUT2D eigenvalue weighted by molar-refractivity contribution is 0.192. The lowest BCUT2D eigenvalue weighted by Gasteiger charge is -2.04. The highest BCUT2D eigenvalue weighted by atomic mass is 32.2. The summed E-state index contributed by atoms with van der Waals surface area (Å²) in [4.78, 5) is 0. The third-order valence-electron chi connectivity index (χ3n) is 0.923. The Hall–Kier alpha value is 0.270. The van der Waals surface area contributed by atoms with Crippen LogP contribution in [0.5, 0.6) is 0 Å². The zero-order chi connectivity index (χ0) is 7.11. The molecular formula is C6H15NOS. The zero-order valence-corrected chi connectivity index (χ0v) is 6.87. The average molecular weight is 149 g/mol. The van der Waals surface area contributed by atoms with Gasteiger partial charge in [0.25, 0.3) is 0 Å². The minimum atomic E-state index is -0.216. The van der Waals surface area contributed by atoms with Gasteiger partial charge in [-0.15, -0.1) is 0 Å². The molecule has 0 aliphatic heterocycles. The fourth-order valence-electron chi connectivity index (χ4n) is 0.485. The van der Waals surface area contributed by atoms with Crippen molar-refractivity contribution in [1.82, 2.24) is 5.32 Å². The normalized spacial score (nSPS) is 13.7. The Balaban J connectivity index is 2.75. The standard InChI is InChI=1S/C6H15NOS/c1-6(8)5-7-3-4-9-2/h6-8H,3-5H2,1-2H3. The predicted molar refractivity (Wildman–Crippen MR) is 42.9 cm³/mol. The van der Waals surface area contributed by atoms with Gasteiger partial charge in [0.15, 0.2) is 0 Å². The van der Waals surface area contributed by atoms with E-state index in [9.17, 15) is 0 Å². The molecule has 0 aromatic heterocycles. The number of rotatable bonds is 5. The van der Waals surface area contributed by atoms with Gasteiger partial charge in [-0.3, -0.25) is 0 Å². The van der Waals surface area contributed by atoms with E-state index in [1.165, 1.54) is 0 Å². The van der Waals surface area contributed by atoms with E-state index in [1.54, 1.807) is 6.92 Å². The Bertz CT molecular complexity index is 59.0. The summed E-state index contributed by atoms with van der Waals surface area (Å²) in [5.74, 6) is 1.12. The molecule has 0 aliphatic rings. The van der Waals surface area contributed by atoms with Gasteiger partial charge in [-0.2, -0.15) is 11.8 Å². The van der Waals surface area contributed by atoms with Crippen molar-refractivity contribution in [2.75, 3.05) is 25.1 Å². The smallest absolute Gasteiger partial charge is 0.0636 e. The molecule has 1 atom stereocenters. The molecule has 1 unspecified atom stereocenters. The van der Waals surface area contributed by atoms with E-state index in [2.05, 4.69) is 11.6 Å². The minimum Gasteiger partial charge on any atom is -0.392 e. The molecule has 0 bridgehead atoms. The third kappa shape index (κ3) is 8.27. The van der Waals surface area contributed by atoms with Gasteiger partial charge in [-0.25, -0.2) is 0 Å². The Kier molecular flexibility index (Phi) is 6.58. The molecule has 2 nitrogen and oxygen atoms in total. The molecule has 0 heterocycles. The Labute approximate surface area is 61.0 Å². The van der Waals surface area contributed by atoms with Crippen LogP contribution in [-0.4, -0.2) is 36.3 Å². The summed E-state index contributed by atoms with van der Waals surface area (Å²) in [7, 11) is 0. The topological polar surface area (TPSA) is 32.3 Å². The van der Waals surface area contributed by atoms with Crippen molar-refractivity contribution in [3.05, 3.63) is 0 Å². The van der Waals surface area contributed by atoms with Gasteiger partial charge < -0.3 is 10.4 Å². The van der Waals surface area contributed by atoms with E-state index < -0.39 is 0 Å². The summed E-state index contributed by atoms with van der Waals surface area (Å²) in [6.45, 7) is 3.48. The summed E-state index contributed by atoms with van der Waals surface area (Å²) < 4.78 is 0. The van der Waals surface area contributed by atoms with Crippen LogP contribution in [0, 0.1) is 0 Å². The van der Waals surface area contributed by atoms with Crippen LogP contribution in [0.2, 0.25) is 0 Å². The van der Waals surface area contributed by atoms with Gasteiger partial charge in [0.1, 0.15) is 0 Å². The first-order valence-corrected chi connectivity index (χ1v) is 4.54. The average Bonchev–Trinajstić information content (AvgIpc) is 1.80. The number of hydrogen-bond acceptors (Lipinski definition) is 3. The van der Waals surface area contributed by atoms with Gasteiger partial charge in [0.2, 0.25) is 0 Å². The second-order valence-electron chi connectivity index (χ2n) is 2.05. The van der Waals surface area contributed by atoms with E-state index in [1.807, 2.05) is 11.8 Å². The van der Waals surface area contributed by atoms with Gasteiger partial charge in [0, 0.05) is 18.8 Å². The van der Waals surface area contributed by atoms with E-state index in [-0.39, 0.29) is 6.10 Å². The Morgan fingerprint density at radius 1 is 1.67 bits per heavy atom. The van der Waals surface area contributed by atoms with Crippen LogP contribution in [0.15, 0.2) is 0 Å². The maximum atomic E-state index is 8.78. The SMILES string of the molecule is CSCCNCC(C)O. The fourth-order valence-corrected chi connectivity index (χ4v) is 0.834. The van der Waals surface area contributed by atoms with E-state index in [0.29, 0.717) is 6.54 Å². The number of thioether (sulfide) groups is 1. The molecule has 0 saturated carbocycles. The zero-order valence-electron chi connectivity index (χ0n) is 6.05. The van der Waals surface area contributed by atoms with Gasteiger partial charge in [-0.1, -0.05) is 0 Å². The molecule has 0 radical (unpaired) electrons. The van der Waals surface area contributed by atoms with E-state index in [0.717, 1.165) is 12.3 Å². The van der Waals surface area contributed by atoms with Gasteiger partial charge in [-0.05, 0) is 13.2 Å². The first-order valence-electron chi connectivity index (χ1n) is 3.15. The minimum absolute atomic E-state index is 0.216. The number of hydrogen-bond donors (Lipinski definition) is 2. The molecule has 0 aromatic carbocycles. The van der Waals surface area contributed by atoms with Crippen LogP contribution in [0.1, 0.15) is 6.92 Å². The molecular weight excluding hydrogens is 134 g/mol. The Morgan fingerprint density at radius 3 is 2.78 bits per heavy atom. The molecule has 0 saturated heterocycles. The van der Waals surface area contributed by atoms with Gasteiger partial charge in [0.05, 0.1) is 6.10 Å². The van der Waals surface area contributed by atoms with Crippen molar-refractivity contribution >= 4 is 11.8 Å². The third-order valence-corrected chi connectivity index (χ3v) is 1.54. The molecule has 56 valence electrons. The number of aliphatic hydroxyl groups excluding tert-OH is 1. The summed E-state index contributed by atoms with van der Waals surface area (Å²) in [6.07, 6.45) is 1.86. The maximum absolute atomic E-state index is 8.78. The molecule has 0 spiro atoms. The van der Waals surface area contributed by atoms with Crippen molar-refractivity contribution in [3.8, 4) is 0 Å². The van der Waals surface area contributed by atoms with Crippen LogP contribution in [0.4, 0.5) is 0 Å². The summed E-state index contributed by atoms with van der Waals surface area (Å²) in [6, 6.07) is 0. The molecule has 0 rings (SSSR count). The molecule has 0 amide bonds. The summed E-state index contributed by atoms with van der Waals surface area (Å²) in [5.41, 5.74) is 0. The molecule has 0 fully saturated rings. The van der Waals surface area contributed by atoms with Crippen molar-refractivity contribution in [2.45, 2.75) is 13.0 Å². The highest BCUT2D eigenvalue weighted by Crippen LogP contribution is 1.86. The van der Waals surface area contributed by atoms with Crippen LogP contribution in [-0.2, 0) is 0 Å². The summed E-state index contributed by atoms with van der Waals surface area (Å²) in [5, 5.41) is 11.9. The lowest BCUT2D eigenvalue weighted by atomic mass is 10.4. The molecule has 9 heavy (non-hydrogen) atoms. The lowest BCUT2D eigenvalue weighted by Crippen LogP contribution is -2.26. The fraction of sp³-hybridized carbons (Fsp3) is 1.00. The highest BCUT2D eigenvalue weighted by molar-refractivity contribution is 7.98. The largest absolute Gasteiger partial charge is 0.392 e. The maximum Gasteiger partial charge on any atom is 0.0636 e. The first-order chi connectivity index (χ1) is 4.27. The molecule has 0 aliphatic carbocycles. The van der Waals surface area contributed by atoms with Crippen LogP contribution < -0.4 is 5.32 Å². The van der Waals surface area contributed by atoms with Crippen molar-refractivity contribution in [3.63, 3.8) is 0 Å². The van der Waals surface area contributed by atoms with Crippen LogP contribution in [0.3, 0.4) is 0 Å². The second-order valence-corrected chi connectivity index (χ2v) is 3.03.